The number of aromatic nitrogens is 2. The van der Waals surface area contributed by atoms with Crippen LogP contribution in [0.25, 0.3) is 0 Å². The van der Waals surface area contributed by atoms with Gasteiger partial charge in [-0.05, 0) is 6.42 Å². The number of aromatic carboxylic acids is 1. The first-order valence-electron chi connectivity index (χ1n) is 7.63. The Morgan fingerprint density at radius 3 is 2.24 bits per heavy atom. The highest BCUT2D eigenvalue weighted by atomic mass is 16.4. The second-order valence-corrected chi connectivity index (χ2v) is 5.28. The zero-order valence-corrected chi connectivity index (χ0v) is 12.6. The third kappa shape index (κ3) is 5.97. The highest BCUT2D eigenvalue weighted by Crippen LogP contribution is 2.08. The average Bonchev–Trinajstić information content (AvgIpc) is 2.43. The topological polar surface area (TPSA) is 92.2 Å². The van der Waals surface area contributed by atoms with Crippen molar-refractivity contribution in [2.24, 2.45) is 0 Å². The van der Waals surface area contributed by atoms with Gasteiger partial charge >= 0.3 is 11.7 Å². The normalized spacial score (nSPS) is 10.7. The fourth-order valence-corrected chi connectivity index (χ4v) is 2.24. The van der Waals surface area contributed by atoms with Crippen molar-refractivity contribution >= 4 is 5.97 Å². The zero-order valence-electron chi connectivity index (χ0n) is 12.6. The van der Waals surface area contributed by atoms with E-state index in [0.29, 0.717) is 6.54 Å². The van der Waals surface area contributed by atoms with Gasteiger partial charge < -0.3 is 5.11 Å². The Morgan fingerprint density at radius 1 is 1.10 bits per heavy atom. The third-order valence-corrected chi connectivity index (χ3v) is 3.49. The summed E-state index contributed by atoms with van der Waals surface area (Å²) in [6.45, 7) is 2.62. The van der Waals surface area contributed by atoms with E-state index >= 15 is 0 Å². The van der Waals surface area contributed by atoms with E-state index < -0.39 is 22.8 Å². The molecule has 0 saturated heterocycles. The number of carboxylic acid groups (broad SMARTS) is 1. The number of carboxylic acids is 1. The van der Waals surface area contributed by atoms with Crippen molar-refractivity contribution in [3.8, 4) is 0 Å². The van der Waals surface area contributed by atoms with E-state index in [0.717, 1.165) is 25.5 Å². The number of H-pyrrole nitrogens is 1. The first-order valence-corrected chi connectivity index (χ1v) is 7.63. The van der Waals surface area contributed by atoms with Crippen molar-refractivity contribution in [3.63, 3.8) is 0 Å². The van der Waals surface area contributed by atoms with Gasteiger partial charge in [0.1, 0.15) is 5.56 Å². The van der Waals surface area contributed by atoms with E-state index in [9.17, 15) is 14.4 Å². The van der Waals surface area contributed by atoms with Crippen LogP contribution in [-0.4, -0.2) is 20.6 Å². The van der Waals surface area contributed by atoms with Crippen LogP contribution in [0.2, 0.25) is 0 Å². The Bertz CT molecular complexity index is 560. The lowest BCUT2D eigenvalue weighted by Crippen LogP contribution is -2.33. The van der Waals surface area contributed by atoms with Crippen LogP contribution in [0.4, 0.5) is 0 Å². The molecule has 0 unspecified atom stereocenters. The number of aromatic amines is 1. The molecule has 1 rings (SSSR count). The van der Waals surface area contributed by atoms with E-state index in [1.165, 1.54) is 36.7 Å². The van der Waals surface area contributed by atoms with Gasteiger partial charge in [0, 0.05) is 12.7 Å². The molecule has 0 aliphatic carbocycles. The zero-order chi connectivity index (χ0) is 15.7. The molecule has 0 aliphatic rings. The Kier molecular flexibility index (Phi) is 7.50. The standard InChI is InChI=1S/C15H24N2O4/c1-2-3-4-5-6-7-8-9-10-17-11-12(14(19)20)13(18)16-15(17)21/h11H,2-10H2,1H3,(H,19,20)(H,16,18,21). The van der Waals surface area contributed by atoms with Crippen molar-refractivity contribution in [2.75, 3.05) is 0 Å². The number of unbranched alkanes of at least 4 members (excludes halogenated alkanes) is 7. The molecule has 0 aromatic carbocycles. The summed E-state index contributed by atoms with van der Waals surface area (Å²) < 4.78 is 1.27. The molecule has 21 heavy (non-hydrogen) atoms. The molecule has 1 aromatic heterocycles. The summed E-state index contributed by atoms with van der Waals surface area (Å²) in [6.07, 6.45) is 10.3. The Balaban J connectivity index is 2.39. The molecule has 1 heterocycles. The highest BCUT2D eigenvalue weighted by molar-refractivity contribution is 5.86. The fraction of sp³-hybridized carbons (Fsp3) is 0.667. The molecule has 6 nitrogen and oxygen atoms in total. The van der Waals surface area contributed by atoms with E-state index in [1.54, 1.807) is 0 Å². The monoisotopic (exact) mass is 296 g/mol. The van der Waals surface area contributed by atoms with Crippen molar-refractivity contribution in [3.05, 3.63) is 32.6 Å². The summed E-state index contributed by atoms with van der Waals surface area (Å²) in [5.41, 5.74) is -1.79. The number of carbonyl (C=O) groups is 1. The summed E-state index contributed by atoms with van der Waals surface area (Å²) in [5.74, 6) is -1.32. The minimum Gasteiger partial charge on any atom is -0.477 e. The summed E-state index contributed by atoms with van der Waals surface area (Å²) in [7, 11) is 0. The molecule has 1 aromatic rings. The SMILES string of the molecule is CCCCCCCCCCn1cc(C(=O)O)c(=O)[nH]c1=O. The molecular formula is C15H24N2O4. The molecule has 0 saturated carbocycles. The molecule has 0 amide bonds. The van der Waals surface area contributed by atoms with Gasteiger partial charge in [0.2, 0.25) is 0 Å². The Morgan fingerprint density at radius 2 is 1.67 bits per heavy atom. The lowest BCUT2D eigenvalue weighted by molar-refractivity contribution is 0.0693. The minimum atomic E-state index is -1.32. The molecule has 0 radical (unpaired) electrons. The van der Waals surface area contributed by atoms with Gasteiger partial charge in [-0.1, -0.05) is 51.9 Å². The maximum atomic E-state index is 11.6. The molecular weight excluding hydrogens is 272 g/mol. The van der Waals surface area contributed by atoms with Crippen LogP contribution in [0, 0.1) is 0 Å². The second-order valence-electron chi connectivity index (χ2n) is 5.28. The second kappa shape index (κ2) is 9.15. The molecule has 6 heteroatoms. The summed E-state index contributed by atoms with van der Waals surface area (Å²) in [5, 5.41) is 8.86. The Labute approximate surface area is 123 Å². The van der Waals surface area contributed by atoms with Crippen molar-refractivity contribution in [2.45, 2.75) is 64.8 Å². The van der Waals surface area contributed by atoms with Crippen molar-refractivity contribution in [1.82, 2.24) is 9.55 Å². The van der Waals surface area contributed by atoms with Gasteiger partial charge in [-0.15, -0.1) is 0 Å². The molecule has 118 valence electrons. The van der Waals surface area contributed by atoms with Gasteiger partial charge in [-0.3, -0.25) is 14.3 Å². The molecule has 0 spiro atoms. The number of hydrogen-bond donors (Lipinski definition) is 2. The number of aryl methyl sites for hydroxylation is 1. The van der Waals surface area contributed by atoms with Crippen LogP contribution < -0.4 is 11.2 Å². The number of nitrogens with one attached hydrogen (secondary N) is 1. The predicted octanol–water partition coefficient (Wildman–Crippen LogP) is 2.38. The van der Waals surface area contributed by atoms with Crippen LogP contribution in [0.3, 0.4) is 0 Å². The quantitative estimate of drug-likeness (QED) is 0.648. The molecule has 0 fully saturated rings. The number of rotatable bonds is 10. The third-order valence-electron chi connectivity index (χ3n) is 3.49. The first kappa shape index (κ1) is 17.2. The molecule has 0 aliphatic heterocycles. The first-order chi connectivity index (χ1) is 10.1. The minimum absolute atomic E-state index is 0.394. The largest absolute Gasteiger partial charge is 0.477 e. The van der Waals surface area contributed by atoms with Crippen LogP contribution >= 0.6 is 0 Å². The van der Waals surface area contributed by atoms with Gasteiger partial charge in [-0.25, -0.2) is 9.59 Å². The highest BCUT2D eigenvalue weighted by Gasteiger charge is 2.10. The summed E-state index contributed by atoms with van der Waals surface area (Å²) in [4.78, 5) is 35.7. The summed E-state index contributed by atoms with van der Waals surface area (Å²) >= 11 is 0. The van der Waals surface area contributed by atoms with Gasteiger partial charge in [0.15, 0.2) is 0 Å². The van der Waals surface area contributed by atoms with E-state index in [4.69, 9.17) is 5.11 Å². The smallest absolute Gasteiger partial charge is 0.342 e. The fourth-order valence-electron chi connectivity index (χ4n) is 2.24. The van der Waals surface area contributed by atoms with Crippen LogP contribution in [-0.2, 0) is 6.54 Å². The summed E-state index contributed by atoms with van der Waals surface area (Å²) in [6, 6.07) is 0. The van der Waals surface area contributed by atoms with Crippen molar-refractivity contribution < 1.29 is 9.90 Å². The molecule has 0 atom stereocenters. The lowest BCUT2D eigenvalue weighted by Gasteiger charge is -2.06. The average molecular weight is 296 g/mol. The number of hydrogen-bond acceptors (Lipinski definition) is 3. The lowest BCUT2D eigenvalue weighted by atomic mass is 10.1. The van der Waals surface area contributed by atoms with Crippen LogP contribution in [0.5, 0.6) is 0 Å². The molecule has 2 N–H and O–H groups in total. The van der Waals surface area contributed by atoms with Crippen LogP contribution in [0.15, 0.2) is 15.8 Å². The van der Waals surface area contributed by atoms with Gasteiger partial charge in [0.25, 0.3) is 5.56 Å². The van der Waals surface area contributed by atoms with Crippen molar-refractivity contribution in [1.29, 1.82) is 0 Å². The van der Waals surface area contributed by atoms with Gasteiger partial charge in [0.05, 0.1) is 0 Å². The molecule has 0 bridgehead atoms. The maximum absolute atomic E-state index is 11.6. The van der Waals surface area contributed by atoms with E-state index in [1.807, 2.05) is 4.98 Å². The van der Waals surface area contributed by atoms with E-state index in [-0.39, 0.29) is 0 Å². The predicted molar refractivity (Wildman–Crippen MR) is 80.9 cm³/mol. The van der Waals surface area contributed by atoms with Crippen LogP contribution in [0.1, 0.15) is 68.6 Å². The maximum Gasteiger partial charge on any atom is 0.342 e. The Hall–Kier alpha value is -1.85. The number of nitrogens with zero attached hydrogens (tertiary/aromatic N) is 1. The van der Waals surface area contributed by atoms with E-state index in [2.05, 4.69) is 6.92 Å². The van der Waals surface area contributed by atoms with Gasteiger partial charge in [-0.2, -0.15) is 0 Å².